The Labute approximate surface area is 219 Å². The molecule has 3 rings (SSSR count). The molecule has 1 heterocycles. The number of cyclic esters (lactones) is 1. The quantitative estimate of drug-likeness (QED) is 0.315. The van der Waals surface area contributed by atoms with Gasteiger partial charge in [-0.05, 0) is 54.8 Å². The fourth-order valence-electron chi connectivity index (χ4n) is 5.46. The summed E-state index contributed by atoms with van der Waals surface area (Å²) in [6.45, 7) is 17.4. The molecular weight excluding hydrogens is 472 g/mol. The second kappa shape index (κ2) is 11.5. The number of ether oxygens (including phenoxy) is 2. The topological polar surface area (TPSA) is 82.1 Å². The second-order valence-electron chi connectivity index (χ2n) is 12.8. The maximum absolute atomic E-state index is 13.0. The van der Waals surface area contributed by atoms with Crippen LogP contribution in [0, 0.1) is 23.7 Å². The smallest absolute Gasteiger partial charge is 0.308 e. The van der Waals surface area contributed by atoms with Crippen molar-refractivity contribution in [2.75, 3.05) is 0 Å². The zero-order valence-electron chi connectivity index (χ0n) is 23.6. The van der Waals surface area contributed by atoms with E-state index in [1.165, 1.54) is 5.57 Å². The fraction of sp³-hybridized carbons (Fsp3) is 0.793. The molecule has 1 N–H and O–H groups in total. The van der Waals surface area contributed by atoms with E-state index in [4.69, 9.17) is 13.9 Å². The fourth-order valence-corrected chi connectivity index (χ4v) is 6.73. The van der Waals surface area contributed by atoms with Crippen LogP contribution < -0.4 is 0 Å². The third-order valence-corrected chi connectivity index (χ3v) is 13.5. The number of rotatable bonds is 8. The van der Waals surface area contributed by atoms with Crippen LogP contribution in [0.25, 0.3) is 0 Å². The predicted molar refractivity (Wildman–Crippen MR) is 144 cm³/mol. The van der Waals surface area contributed by atoms with E-state index < -0.39 is 14.4 Å². The summed E-state index contributed by atoms with van der Waals surface area (Å²) in [7, 11) is -2.01. The minimum absolute atomic E-state index is 0.0812. The lowest BCUT2D eigenvalue weighted by Crippen LogP contribution is -2.48. The van der Waals surface area contributed by atoms with Crippen LogP contribution in [0.5, 0.6) is 0 Å². The van der Waals surface area contributed by atoms with Crippen LogP contribution in [0.3, 0.4) is 0 Å². The van der Waals surface area contributed by atoms with Gasteiger partial charge in [-0.15, -0.1) is 0 Å². The van der Waals surface area contributed by atoms with Gasteiger partial charge < -0.3 is 19.0 Å². The number of hydrogen-bond acceptors (Lipinski definition) is 6. The molecular formula is C29H48O6Si. The molecule has 2 aliphatic carbocycles. The molecule has 6 nitrogen and oxygen atoms in total. The van der Waals surface area contributed by atoms with Gasteiger partial charge in [0.25, 0.3) is 0 Å². The van der Waals surface area contributed by atoms with E-state index >= 15 is 0 Å². The SMILES string of the molecule is CC[C@H](C)C(=O)O[C@H]1C[C@H](O[Si](C)(C)C(C)(C)C)C=C2C=C[C@H](C)[C@H](CC[C@@H]3C[C@@H](O)CC(=O)O3)[C@H]21. The lowest BCUT2D eigenvalue weighted by Gasteiger charge is -2.46. The maximum atomic E-state index is 13.0. The third kappa shape index (κ3) is 6.90. The standard InChI is InChI=1S/C29H48O6Si/c1-9-18(2)28(32)34-25-17-23(35-36(7,8)29(4,5)6)14-20-11-10-19(3)24(27(20)25)13-12-22-15-21(30)16-26(31)33-22/h10-11,14,18-19,21-25,27,30H,9,12-13,15-17H2,1-8H3/t18-,19-,21+,22+,23+,24-,25-,27-/m0/s1. The van der Waals surface area contributed by atoms with Crippen LogP contribution in [0.1, 0.15) is 80.1 Å². The normalized spacial score (nSPS) is 33.9. The molecule has 204 valence electrons. The van der Waals surface area contributed by atoms with Gasteiger partial charge in [-0.25, -0.2) is 0 Å². The Kier molecular flexibility index (Phi) is 9.32. The largest absolute Gasteiger partial charge is 0.462 e. The Bertz CT molecular complexity index is 856. The van der Waals surface area contributed by atoms with Gasteiger partial charge in [0.2, 0.25) is 0 Å². The molecule has 0 aromatic carbocycles. The number of allylic oxidation sites excluding steroid dienone is 2. The Hall–Kier alpha value is -1.44. The highest BCUT2D eigenvalue weighted by atomic mass is 28.4. The summed E-state index contributed by atoms with van der Waals surface area (Å²) in [5, 5.41) is 10.1. The van der Waals surface area contributed by atoms with E-state index in [9.17, 15) is 14.7 Å². The first-order chi connectivity index (χ1) is 16.7. The van der Waals surface area contributed by atoms with Gasteiger partial charge in [0.1, 0.15) is 12.2 Å². The molecule has 0 amide bonds. The van der Waals surface area contributed by atoms with Crippen molar-refractivity contribution in [2.45, 2.75) is 123 Å². The summed E-state index contributed by atoms with van der Waals surface area (Å²) in [5.41, 5.74) is 1.19. The van der Waals surface area contributed by atoms with Gasteiger partial charge in [0.05, 0.1) is 24.5 Å². The van der Waals surface area contributed by atoms with E-state index in [0.29, 0.717) is 25.2 Å². The molecule has 1 saturated heterocycles. The number of carbonyl (C=O) groups excluding carboxylic acids is 2. The summed E-state index contributed by atoms with van der Waals surface area (Å²) < 4.78 is 18.6. The maximum Gasteiger partial charge on any atom is 0.308 e. The molecule has 36 heavy (non-hydrogen) atoms. The lowest BCUT2D eigenvalue weighted by atomic mass is 9.66. The third-order valence-electron chi connectivity index (χ3n) is 8.95. The number of fused-ring (bicyclic) bond motifs is 1. The van der Waals surface area contributed by atoms with Crippen molar-refractivity contribution in [3.8, 4) is 0 Å². The summed E-state index contributed by atoms with van der Waals surface area (Å²) in [4.78, 5) is 24.8. The van der Waals surface area contributed by atoms with Crippen LogP contribution in [0.4, 0.5) is 0 Å². The van der Waals surface area contributed by atoms with Gasteiger partial charge >= 0.3 is 11.9 Å². The van der Waals surface area contributed by atoms with Crippen molar-refractivity contribution in [1.29, 1.82) is 0 Å². The summed E-state index contributed by atoms with van der Waals surface area (Å²) in [6.07, 6.45) is 9.01. The first-order valence-electron chi connectivity index (χ1n) is 13.9. The predicted octanol–water partition coefficient (Wildman–Crippen LogP) is 5.95. The summed E-state index contributed by atoms with van der Waals surface area (Å²) >= 11 is 0. The molecule has 0 bridgehead atoms. The van der Waals surface area contributed by atoms with Crippen molar-refractivity contribution >= 4 is 20.3 Å². The minimum Gasteiger partial charge on any atom is -0.462 e. The average Bonchev–Trinajstić information content (AvgIpc) is 2.76. The molecule has 0 unspecified atom stereocenters. The van der Waals surface area contributed by atoms with Gasteiger partial charge in [-0.3, -0.25) is 9.59 Å². The summed E-state index contributed by atoms with van der Waals surface area (Å²) in [6, 6.07) is 0. The monoisotopic (exact) mass is 520 g/mol. The van der Waals surface area contributed by atoms with Crippen LogP contribution >= 0.6 is 0 Å². The first-order valence-corrected chi connectivity index (χ1v) is 16.8. The number of hydrogen-bond donors (Lipinski definition) is 1. The highest BCUT2D eigenvalue weighted by molar-refractivity contribution is 6.74. The number of esters is 2. The molecule has 0 radical (unpaired) electrons. The van der Waals surface area contributed by atoms with Crippen molar-refractivity contribution in [2.24, 2.45) is 23.7 Å². The molecule has 3 aliphatic rings. The Balaban J connectivity index is 1.85. The van der Waals surface area contributed by atoms with Crippen molar-refractivity contribution in [1.82, 2.24) is 0 Å². The molecule has 1 fully saturated rings. The Morgan fingerprint density at radius 1 is 1.25 bits per heavy atom. The van der Waals surface area contributed by atoms with E-state index in [-0.39, 0.29) is 59.5 Å². The van der Waals surface area contributed by atoms with E-state index in [0.717, 1.165) is 12.8 Å². The average molecular weight is 521 g/mol. The lowest BCUT2D eigenvalue weighted by molar-refractivity contribution is -0.162. The minimum atomic E-state index is -2.01. The van der Waals surface area contributed by atoms with Crippen LogP contribution in [0.15, 0.2) is 23.8 Å². The van der Waals surface area contributed by atoms with Crippen molar-refractivity contribution < 1.29 is 28.6 Å². The highest BCUT2D eigenvalue weighted by Gasteiger charge is 2.46. The first kappa shape index (κ1) is 29.1. The number of carbonyl (C=O) groups is 2. The molecule has 1 aliphatic heterocycles. The van der Waals surface area contributed by atoms with Crippen molar-refractivity contribution in [3.05, 3.63) is 23.8 Å². The van der Waals surface area contributed by atoms with Crippen LogP contribution in [-0.2, 0) is 23.5 Å². The molecule has 0 spiro atoms. The zero-order chi connectivity index (χ0) is 26.8. The second-order valence-corrected chi connectivity index (χ2v) is 17.6. The molecule has 7 heteroatoms. The van der Waals surface area contributed by atoms with Crippen molar-refractivity contribution in [3.63, 3.8) is 0 Å². The Morgan fingerprint density at radius 3 is 2.56 bits per heavy atom. The number of aliphatic hydroxyl groups is 1. The van der Waals surface area contributed by atoms with Crippen LogP contribution in [-0.4, -0.2) is 49.8 Å². The molecule has 0 aromatic heterocycles. The van der Waals surface area contributed by atoms with E-state index in [1.54, 1.807) is 0 Å². The molecule has 0 aromatic rings. The molecule has 0 saturated carbocycles. The van der Waals surface area contributed by atoms with Gasteiger partial charge in [-0.1, -0.05) is 59.8 Å². The van der Waals surface area contributed by atoms with Gasteiger partial charge in [0, 0.05) is 18.8 Å². The highest BCUT2D eigenvalue weighted by Crippen LogP contribution is 2.46. The van der Waals surface area contributed by atoms with Crippen LogP contribution in [0.2, 0.25) is 18.1 Å². The summed E-state index contributed by atoms with van der Waals surface area (Å²) in [5.74, 6) is 0.0417. The van der Waals surface area contributed by atoms with E-state index in [2.05, 4.69) is 59.0 Å². The Morgan fingerprint density at radius 2 is 1.94 bits per heavy atom. The van der Waals surface area contributed by atoms with E-state index in [1.807, 2.05) is 13.8 Å². The molecule has 8 atom stereocenters. The number of aliphatic hydroxyl groups excluding tert-OH is 1. The zero-order valence-corrected chi connectivity index (χ0v) is 24.6. The van der Waals surface area contributed by atoms with Gasteiger partial charge in [-0.2, -0.15) is 0 Å². The van der Waals surface area contributed by atoms with Gasteiger partial charge in [0.15, 0.2) is 8.32 Å².